The fraction of sp³-hybridized carbons (Fsp3) is 0.357. The number of thiophene rings is 1. The lowest BCUT2D eigenvalue weighted by Crippen LogP contribution is -2.50. The number of hydrogen-bond acceptors (Lipinski definition) is 4. The average Bonchev–Trinajstić information content (AvgIpc) is 3.17. The van der Waals surface area contributed by atoms with Gasteiger partial charge in [0.2, 0.25) is 0 Å². The molecule has 2 aromatic rings. The molecule has 0 aromatic carbocycles. The summed E-state index contributed by atoms with van der Waals surface area (Å²) in [4.78, 5) is 29.9. The van der Waals surface area contributed by atoms with Gasteiger partial charge in [0, 0.05) is 37.3 Å². The predicted molar refractivity (Wildman–Crippen MR) is 79.5 cm³/mol. The van der Waals surface area contributed by atoms with E-state index in [1.807, 2.05) is 24.0 Å². The Balaban J connectivity index is 1.60. The largest absolute Gasteiger partial charge is 0.334 e. The van der Waals surface area contributed by atoms with Gasteiger partial charge in [0.25, 0.3) is 11.8 Å². The van der Waals surface area contributed by atoms with Crippen molar-refractivity contribution in [1.82, 2.24) is 20.0 Å². The molecule has 0 unspecified atom stereocenters. The van der Waals surface area contributed by atoms with Crippen molar-refractivity contribution in [3.63, 3.8) is 0 Å². The number of aromatic nitrogens is 2. The fourth-order valence-corrected chi connectivity index (χ4v) is 3.20. The molecule has 1 saturated heterocycles. The standard InChI is InChI=1S/C14H16N4O2S/c1-10-2-3-12(21-10)14(20)18-8-6-17(7-9-18)13(19)11-4-5-15-16-11/h2-5H,6-9H2,1H3,(H,15,16). The Morgan fingerprint density at radius 3 is 2.29 bits per heavy atom. The van der Waals surface area contributed by atoms with Crippen LogP contribution in [0, 0.1) is 6.92 Å². The fourth-order valence-electron chi connectivity index (χ4n) is 2.36. The van der Waals surface area contributed by atoms with E-state index < -0.39 is 0 Å². The van der Waals surface area contributed by atoms with Crippen LogP contribution in [0.3, 0.4) is 0 Å². The molecule has 6 nitrogen and oxygen atoms in total. The molecular weight excluding hydrogens is 288 g/mol. The van der Waals surface area contributed by atoms with Gasteiger partial charge in [0.15, 0.2) is 0 Å². The molecule has 2 amide bonds. The number of hydrogen-bond donors (Lipinski definition) is 1. The number of aryl methyl sites for hydroxylation is 1. The van der Waals surface area contributed by atoms with E-state index in [4.69, 9.17) is 0 Å². The molecule has 110 valence electrons. The zero-order valence-electron chi connectivity index (χ0n) is 11.7. The summed E-state index contributed by atoms with van der Waals surface area (Å²) in [5.41, 5.74) is 0.489. The maximum atomic E-state index is 12.3. The zero-order chi connectivity index (χ0) is 14.8. The van der Waals surface area contributed by atoms with E-state index in [2.05, 4.69) is 10.2 Å². The van der Waals surface area contributed by atoms with Crippen molar-refractivity contribution in [1.29, 1.82) is 0 Å². The molecule has 7 heteroatoms. The van der Waals surface area contributed by atoms with E-state index in [0.717, 1.165) is 9.75 Å². The second kappa shape index (κ2) is 5.69. The van der Waals surface area contributed by atoms with Gasteiger partial charge in [-0.1, -0.05) is 0 Å². The van der Waals surface area contributed by atoms with E-state index in [0.29, 0.717) is 31.9 Å². The van der Waals surface area contributed by atoms with E-state index in [-0.39, 0.29) is 11.8 Å². The van der Waals surface area contributed by atoms with E-state index >= 15 is 0 Å². The zero-order valence-corrected chi connectivity index (χ0v) is 12.5. The van der Waals surface area contributed by atoms with Crippen LogP contribution in [-0.2, 0) is 0 Å². The molecule has 0 saturated carbocycles. The number of rotatable bonds is 2. The first-order chi connectivity index (χ1) is 10.1. The van der Waals surface area contributed by atoms with Crippen LogP contribution in [0.4, 0.5) is 0 Å². The Bertz CT molecular complexity index is 642. The van der Waals surface area contributed by atoms with Crippen LogP contribution in [0.25, 0.3) is 0 Å². The Hall–Kier alpha value is -2.15. The Kier molecular flexibility index (Phi) is 3.74. The summed E-state index contributed by atoms with van der Waals surface area (Å²) in [6.45, 7) is 4.22. The molecule has 1 fully saturated rings. The number of amides is 2. The molecule has 21 heavy (non-hydrogen) atoms. The summed E-state index contributed by atoms with van der Waals surface area (Å²) in [5.74, 6) is -0.00620. The van der Waals surface area contributed by atoms with Crippen molar-refractivity contribution in [3.05, 3.63) is 39.8 Å². The SMILES string of the molecule is Cc1ccc(C(=O)N2CCN(C(=O)c3ccn[nH]3)CC2)s1. The third-order valence-corrected chi connectivity index (χ3v) is 4.53. The van der Waals surface area contributed by atoms with Gasteiger partial charge in [-0.15, -0.1) is 11.3 Å². The highest BCUT2D eigenvalue weighted by molar-refractivity contribution is 7.13. The molecule has 0 spiro atoms. The Morgan fingerprint density at radius 1 is 1.10 bits per heavy atom. The Morgan fingerprint density at radius 2 is 1.76 bits per heavy atom. The topological polar surface area (TPSA) is 69.3 Å². The third-order valence-electron chi connectivity index (χ3n) is 3.54. The first-order valence-corrected chi connectivity index (χ1v) is 7.61. The van der Waals surface area contributed by atoms with Crippen molar-refractivity contribution in [3.8, 4) is 0 Å². The van der Waals surface area contributed by atoms with Crippen LogP contribution in [0.15, 0.2) is 24.4 Å². The minimum Gasteiger partial charge on any atom is -0.334 e. The molecule has 1 N–H and O–H groups in total. The lowest BCUT2D eigenvalue weighted by Gasteiger charge is -2.34. The highest BCUT2D eigenvalue weighted by atomic mass is 32.1. The highest BCUT2D eigenvalue weighted by Gasteiger charge is 2.26. The first-order valence-electron chi connectivity index (χ1n) is 6.79. The lowest BCUT2D eigenvalue weighted by molar-refractivity contribution is 0.0535. The molecule has 1 aliphatic heterocycles. The van der Waals surface area contributed by atoms with Crippen molar-refractivity contribution in [2.24, 2.45) is 0 Å². The molecule has 2 aromatic heterocycles. The number of nitrogens with one attached hydrogen (secondary N) is 1. The first kappa shape index (κ1) is 13.8. The number of carbonyl (C=O) groups excluding carboxylic acids is 2. The Labute approximate surface area is 126 Å². The second-order valence-corrected chi connectivity index (χ2v) is 6.25. The van der Waals surface area contributed by atoms with Crippen molar-refractivity contribution < 1.29 is 9.59 Å². The van der Waals surface area contributed by atoms with Crippen LogP contribution in [0.5, 0.6) is 0 Å². The van der Waals surface area contributed by atoms with Crippen molar-refractivity contribution in [2.45, 2.75) is 6.92 Å². The molecule has 1 aliphatic rings. The van der Waals surface area contributed by atoms with Gasteiger partial charge < -0.3 is 9.80 Å². The van der Waals surface area contributed by atoms with E-state index in [9.17, 15) is 9.59 Å². The van der Waals surface area contributed by atoms with Crippen LogP contribution >= 0.6 is 11.3 Å². The van der Waals surface area contributed by atoms with Gasteiger partial charge in [-0.25, -0.2) is 0 Å². The number of nitrogens with zero attached hydrogens (tertiary/aromatic N) is 3. The van der Waals surface area contributed by atoms with Gasteiger partial charge >= 0.3 is 0 Å². The van der Waals surface area contributed by atoms with Crippen LogP contribution in [0.2, 0.25) is 0 Å². The van der Waals surface area contributed by atoms with Crippen LogP contribution in [0.1, 0.15) is 25.0 Å². The van der Waals surface area contributed by atoms with Gasteiger partial charge in [-0.2, -0.15) is 5.10 Å². The van der Waals surface area contributed by atoms with Gasteiger partial charge in [0.1, 0.15) is 5.69 Å². The summed E-state index contributed by atoms with van der Waals surface area (Å²) in [5, 5.41) is 6.46. The summed E-state index contributed by atoms with van der Waals surface area (Å²) in [7, 11) is 0. The maximum absolute atomic E-state index is 12.3. The molecule has 0 aliphatic carbocycles. The summed E-state index contributed by atoms with van der Waals surface area (Å²) >= 11 is 1.51. The summed E-state index contributed by atoms with van der Waals surface area (Å²) < 4.78 is 0. The third kappa shape index (κ3) is 2.82. The number of aromatic amines is 1. The normalized spacial score (nSPS) is 15.3. The number of H-pyrrole nitrogens is 1. The van der Waals surface area contributed by atoms with Gasteiger partial charge in [-0.3, -0.25) is 14.7 Å². The molecule has 0 atom stereocenters. The monoisotopic (exact) mass is 304 g/mol. The predicted octanol–water partition coefficient (Wildman–Crippen LogP) is 1.38. The quantitative estimate of drug-likeness (QED) is 0.911. The molecular formula is C14H16N4O2S. The van der Waals surface area contributed by atoms with Crippen LogP contribution in [-0.4, -0.2) is 58.0 Å². The summed E-state index contributed by atoms with van der Waals surface area (Å²) in [6.07, 6.45) is 1.56. The maximum Gasteiger partial charge on any atom is 0.271 e. The second-order valence-electron chi connectivity index (χ2n) is 4.97. The minimum absolute atomic E-state index is 0.0572. The number of piperazine rings is 1. The molecule has 3 heterocycles. The molecule has 3 rings (SSSR count). The molecule has 0 radical (unpaired) electrons. The minimum atomic E-state index is -0.0634. The van der Waals surface area contributed by atoms with Crippen molar-refractivity contribution >= 4 is 23.2 Å². The van der Waals surface area contributed by atoms with E-state index in [1.54, 1.807) is 17.2 Å². The smallest absolute Gasteiger partial charge is 0.271 e. The van der Waals surface area contributed by atoms with Gasteiger partial charge in [0.05, 0.1) is 4.88 Å². The number of carbonyl (C=O) groups is 2. The van der Waals surface area contributed by atoms with E-state index in [1.165, 1.54) is 11.3 Å². The summed E-state index contributed by atoms with van der Waals surface area (Å²) in [6, 6.07) is 5.48. The lowest BCUT2D eigenvalue weighted by atomic mass is 10.2. The highest BCUT2D eigenvalue weighted by Crippen LogP contribution is 2.18. The van der Waals surface area contributed by atoms with Gasteiger partial charge in [-0.05, 0) is 25.1 Å². The van der Waals surface area contributed by atoms with Crippen molar-refractivity contribution in [2.75, 3.05) is 26.2 Å². The molecule has 0 bridgehead atoms. The van der Waals surface area contributed by atoms with Crippen LogP contribution < -0.4 is 0 Å². The average molecular weight is 304 g/mol.